The summed E-state index contributed by atoms with van der Waals surface area (Å²) in [5.41, 5.74) is 5.94. The molecule has 0 aromatic heterocycles. The van der Waals surface area contributed by atoms with E-state index in [1.807, 2.05) is 0 Å². The van der Waals surface area contributed by atoms with E-state index in [0.717, 1.165) is 12.3 Å². The van der Waals surface area contributed by atoms with Crippen molar-refractivity contribution in [2.24, 2.45) is 5.92 Å². The monoisotopic (exact) mass is 276 g/mol. The largest absolute Gasteiger partial charge is 0.103 e. The van der Waals surface area contributed by atoms with Crippen LogP contribution in [0.15, 0.2) is 61.2 Å². The van der Waals surface area contributed by atoms with Crippen molar-refractivity contribution in [2.45, 2.75) is 38.5 Å². The highest BCUT2D eigenvalue weighted by Crippen LogP contribution is 2.50. The maximum atomic E-state index is 3.91. The van der Waals surface area contributed by atoms with Crippen LogP contribution in [0, 0.1) is 5.92 Å². The fourth-order valence-corrected chi connectivity index (χ4v) is 3.88. The van der Waals surface area contributed by atoms with Gasteiger partial charge in [-0.3, -0.25) is 0 Å². The van der Waals surface area contributed by atoms with E-state index in [1.54, 1.807) is 0 Å². The summed E-state index contributed by atoms with van der Waals surface area (Å²) in [6.07, 6.45) is 6.97. The fourth-order valence-electron chi connectivity index (χ4n) is 3.88. The minimum Gasteiger partial charge on any atom is -0.103 e. The SMILES string of the molecule is C=CCCC(CCC)C1c2ccccc2-c2ccccc21. The number of fused-ring (bicyclic) bond motifs is 3. The smallest absolute Gasteiger partial charge is 0.0130 e. The summed E-state index contributed by atoms with van der Waals surface area (Å²) < 4.78 is 0. The molecular formula is C21H24. The van der Waals surface area contributed by atoms with E-state index in [1.165, 1.54) is 41.5 Å². The number of benzene rings is 2. The summed E-state index contributed by atoms with van der Waals surface area (Å²) in [5, 5.41) is 0. The first-order valence-electron chi connectivity index (χ1n) is 8.16. The van der Waals surface area contributed by atoms with Crippen molar-refractivity contribution in [3.8, 4) is 11.1 Å². The van der Waals surface area contributed by atoms with Gasteiger partial charge >= 0.3 is 0 Å². The molecule has 2 aromatic rings. The fraction of sp³-hybridized carbons (Fsp3) is 0.333. The Balaban J connectivity index is 2.05. The van der Waals surface area contributed by atoms with E-state index in [9.17, 15) is 0 Å². The molecule has 1 aliphatic carbocycles. The molecule has 1 aliphatic rings. The van der Waals surface area contributed by atoms with E-state index in [4.69, 9.17) is 0 Å². The number of hydrogen-bond donors (Lipinski definition) is 0. The van der Waals surface area contributed by atoms with Crippen LogP contribution >= 0.6 is 0 Å². The molecule has 0 N–H and O–H groups in total. The highest BCUT2D eigenvalue weighted by atomic mass is 14.4. The average molecular weight is 276 g/mol. The first-order chi connectivity index (χ1) is 10.4. The molecular weight excluding hydrogens is 252 g/mol. The summed E-state index contributed by atoms with van der Waals surface area (Å²) >= 11 is 0. The summed E-state index contributed by atoms with van der Waals surface area (Å²) in [6, 6.07) is 17.9. The van der Waals surface area contributed by atoms with Gasteiger partial charge in [-0.2, -0.15) is 0 Å². The van der Waals surface area contributed by atoms with Crippen LogP contribution in [0.25, 0.3) is 11.1 Å². The zero-order chi connectivity index (χ0) is 14.7. The highest BCUT2D eigenvalue weighted by Gasteiger charge is 2.32. The van der Waals surface area contributed by atoms with Crippen molar-refractivity contribution in [3.63, 3.8) is 0 Å². The van der Waals surface area contributed by atoms with Crippen LogP contribution in [-0.2, 0) is 0 Å². The van der Waals surface area contributed by atoms with Gasteiger partial charge in [0.15, 0.2) is 0 Å². The van der Waals surface area contributed by atoms with Crippen LogP contribution in [-0.4, -0.2) is 0 Å². The van der Waals surface area contributed by atoms with Crippen molar-refractivity contribution >= 4 is 0 Å². The predicted octanol–water partition coefficient (Wildman–Crippen LogP) is 6.18. The molecule has 0 nitrogen and oxygen atoms in total. The third-order valence-electron chi connectivity index (χ3n) is 4.75. The Morgan fingerprint density at radius 3 is 2.05 bits per heavy atom. The molecule has 0 heteroatoms. The van der Waals surface area contributed by atoms with Gasteiger partial charge in [0.2, 0.25) is 0 Å². The van der Waals surface area contributed by atoms with Crippen LogP contribution < -0.4 is 0 Å². The Kier molecular flexibility index (Phi) is 4.24. The zero-order valence-corrected chi connectivity index (χ0v) is 12.9. The third-order valence-corrected chi connectivity index (χ3v) is 4.75. The second kappa shape index (κ2) is 6.30. The summed E-state index contributed by atoms with van der Waals surface area (Å²) in [4.78, 5) is 0. The van der Waals surface area contributed by atoms with E-state index in [-0.39, 0.29) is 0 Å². The van der Waals surface area contributed by atoms with Crippen molar-refractivity contribution in [3.05, 3.63) is 72.3 Å². The topological polar surface area (TPSA) is 0 Å². The Morgan fingerprint density at radius 1 is 0.952 bits per heavy atom. The van der Waals surface area contributed by atoms with Gasteiger partial charge in [0.05, 0.1) is 0 Å². The van der Waals surface area contributed by atoms with Crippen molar-refractivity contribution < 1.29 is 0 Å². The molecule has 0 fully saturated rings. The molecule has 21 heavy (non-hydrogen) atoms. The highest BCUT2D eigenvalue weighted by molar-refractivity contribution is 5.78. The van der Waals surface area contributed by atoms with Crippen LogP contribution in [0.5, 0.6) is 0 Å². The minimum absolute atomic E-state index is 0.567. The number of rotatable bonds is 6. The van der Waals surface area contributed by atoms with Gasteiger partial charge in [0.25, 0.3) is 0 Å². The summed E-state index contributed by atoms with van der Waals surface area (Å²) in [5.74, 6) is 1.29. The van der Waals surface area contributed by atoms with Crippen LogP contribution in [0.2, 0.25) is 0 Å². The average Bonchev–Trinajstić information content (AvgIpc) is 2.86. The number of hydrogen-bond acceptors (Lipinski definition) is 0. The Labute approximate surface area is 128 Å². The first-order valence-corrected chi connectivity index (χ1v) is 8.16. The molecule has 3 rings (SSSR count). The number of allylic oxidation sites excluding steroid dienone is 1. The lowest BCUT2D eigenvalue weighted by molar-refractivity contribution is 0.407. The minimum atomic E-state index is 0.567. The second-order valence-electron chi connectivity index (χ2n) is 6.07. The van der Waals surface area contributed by atoms with Gasteiger partial charge in [0, 0.05) is 5.92 Å². The van der Waals surface area contributed by atoms with Crippen LogP contribution in [0.4, 0.5) is 0 Å². The maximum absolute atomic E-state index is 3.91. The zero-order valence-electron chi connectivity index (χ0n) is 12.9. The van der Waals surface area contributed by atoms with Gasteiger partial charge in [0.1, 0.15) is 0 Å². The molecule has 0 spiro atoms. The molecule has 0 saturated carbocycles. The molecule has 0 amide bonds. The van der Waals surface area contributed by atoms with Gasteiger partial charge in [-0.05, 0) is 47.4 Å². The van der Waals surface area contributed by atoms with Gasteiger partial charge in [-0.15, -0.1) is 6.58 Å². The van der Waals surface area contributed by atoms with Crippen molar-refractivity contribution in [1.29, 1.82) is 0 Å². The van der Waals surface area contributed by atoms with E-state index >= 15 is 0 Å². The quantitative estimate of drug-likeness (QED) is 0.552. The molecule has 108 valence electrons. The van der Waals surface area contributed by atoms with Crippen LogP contribution in [0.3, 0.4) is 0 Å². The molecule has 1 atom stereocenters. The lowest BCUT2D eigenvalue weighted by Gasteiger charge is -2.25. The Hall–Kier alpha value is -1.82. The Bertz CT molecular complexity index is 578. The van der Waals surface area contributed by atoms with Gasteiger partial charge < -0.3 is 0 Å². The Morgan fingerprint density at radius 2 is 1.52 bits per heavy atom. The molecule has 0 radical (unpaired) electrons. The predicted molar refractivity (Wildman–Crippen MR) is 91.6 cm³/mol. The lowest BCUT2D eigenvalue weighted by Crippen LogP contribution is -2.12. The molecule has 2 aromatic carbocycles. The van der Waals surface area contributed by atoms with Gasteiger partial charge in [-0.25, -0.2) is 0 Å². The normalized spacial score (nSPS) is 14.5. The molecule has 0 saturated heterocycles. The van der Waals surface area contributed by atoms with E-state index < -0.39 is 0 Å². The maximum Gasteiger partial charge on any atom is 0.0130 e. The standard InChI is InChI=1S/C21H24/c1-3-5-11-16(10-4-2)21-19-14-8-6-12-17(19)18-13-7-9-15-20(18)21/h3,6-9,12-16,21H,1,4-5,10-11H2,2H3. The van der Waals surface area contributed by atoms with Gasteiger partial charge in [-0.1, -0.05) is 68.0 Å². The molecule has 1 unspecified atom stereocenters. The third kappa shape index (κ3) is 2.55. The molecule has 0 bridgehead atoms. The van der Waals surface area contributed by atoms with Crippen molar-refractivity contribution in [2.75, 3.05) is 0 Å². The molecule has 0 aliphatic heterocycles. The second-order valence-corrected chi connectivity index (χ2v) is 6.07. The molecule has 0 heterocycles. The van der Waals surface area contributed by atoms with E-state index in [0.29, 0.717) is 5.92 Å². The first kappa shape index (κ1) is 14.1. The lowest BCUT2D eigenvalue weighted by atomic mass is 9.79. The van der Waals surface area contributed by atoms with Crippen LogP contribution in [0.1, 0.15) is 49.7 Å². The summed E-state index contributed by atoms with van der Waals surface area (Å²) in [7, 11) is 0. The van der Waals surface area contributed by atoms with E-state index in [2.05, 4.69) is 68.1 Å². The van der Waals surface area contributed by atoms with Crippen molar-refractivity contribution in [1.82, 2.24) is 0 Å². The summed E-state index contributed by atoms with van der Waals surface area (Å²) in [6.45, 7) is 6.21.